The van der Waals surface area contributed by atoms with Crippen LogP contribution in [0.4, 0.5) is 18.9 Å². The summed E-state index contributed by atoms with van der Waals surface area (Å²) in [5, 5.41) is 6.32. The van der Waals surface area contributed by atoms with Crippen molar-refractivity contribution in [2.75, 3.05) is 11.9 Å². The Kier molecular flexibility index (Phi) is 6.39. The number of primary amides is 1. The molecular formula is C21H17F3N4O3. The van der Waals surface area contributed by atoms with Gasteiger partial charge in [-0.25, -0.2) is 4.68 Å². The van der Waals surface area contributed by atoms with E-state index in [0.717, 1.165) is 22.5 Å². The number of ether oxygens (including phenoxy) is 1. The van der Waals surface area contributed by atoms with Crippen molar-refractivity contribution >= 4 is 23.6 Å². The van der Waals surface area contributed by atoms with Crippen LogP contribution in [0.2, 0.25) is 0 Å². The summed E-state index contributed by atoms with van der Waals surface area (Å²) >= 11 is 0. The van der Waals surface area contributed by atoms with Crippen molar-refractivity contribution < 1.29 is 27.5 Å². The quantitative estimate of drug-likeness (QED) is 0.561. The van der Waals surface area contributed by atoms with E-state index in [2.05, 4.69) is 10.4 Å². The van der Waals surface area contributed by atoms with Gasteiger partial charge in [-0.15, -0.1) is 0 Å². The van der Waals surface area contributed by atoms with Crippen LogP contribution < -0.4 is 15.8 Å². The predicted octanol–water partition coefficient (Wildman–Crippen LogP) is 3.41. The molecule has 0 fully saturated rings. The summed E-state index contributed by atoms with van der Waals surface area (Å²) in [7, 11) is 0. The Morgan fingerprint density at radius 2 is 1.74 bits per heavy atom. The minimum Gasteiger partial charge on any atom is -0.484 e. The molecule has 0 saturated heterocycles. The highest BCUT2D eigenvalue weighted by molar-refractivity contribution is 6.01. The van der Waals surface area contributed by atoms with Crippen molar-refractivity contribution in [1.82, 2.24) is 9.78 Å². The zero-order chi connectivity index (χ0) is 22.4. The van der Waals surface area contributed by atoms with Crippen LogP contribution in [0, 0.1) is 0 Å². The molecule has 0 saturated carbocycles. The lowest BCUT2D eigenvalue weighted by Gasteiger charge is -2.11. The summed E-state index contributed by atoms with van der Waals surface area (Å²) in [6.45, 7) is -0.228. The number of carbonyl (C=O) groups excluding carboxylic acids is 2. The molecule has 0 unspecified atom stereocenters. The van der Waals surface area contributed by atoms with Gasteiger partial charge in [0.25, 0.3) is 5.91 Å². The van der Waals surface area contributed by atoms with Crippen LogP contribution in [0.15, 0.2) is 66.9 Å². The van der Waals surface area contributed by atoms with E-state index in [1.807, 2.05) is 0 Å². The minimum absolute atomic E-state index is 0.213. The molecule has 3 N–H and O–H groups in total. The van der Waals surface area contributed by atoms with Gasteiger partial charge in [0.15, 0.2) is 6.61 Å². The van der Waals surface area contributed by atoms with Crippen LogP contribution >= 0.6 is 0 Å². The molecule has 0 radical (unpaired) electrons. The second-order valence-corrected chi connectivity index (χ2v) is 6.32. The number of halogens is 3. The number of anilines is 1. The normalized spacial score (nSPS) is 11.5. The zero-order valence-corrected chi connectivity index (χ0v) is 16.0. The third-order valence-corrected chi connectivity index (χ3v) is 4.00. The molecule has 2 amide bonds. The fraction of sp³-hybridized carbons (Fsp3) is 0.0952. The maximum absolute atomic E-state index is 13.0. The number of amides is 2. The smallest absolute Gasteiger partial charge is 0.433 e. The van der Waals surface area contributed by atoms with Crippen molar-refractivity contribution in [2.45, 2.75) is 6.18 Å². The van der Waals surface area contributed by atoms with Gasteiger partial charge in [0.1, 0.15) is 11.4 Å². The van der Waals surface area contributed by atoms with E-state index >= 15 is 0 Å². The van der Waals surface area contributed by atoms with Gasteiger partial charge in [0.2, 0.25) is 5.91 Å². The average molecular weight is 430 g/mol. The third-order valence-electron chi connectivity index (χ3n) is 4.00. The van der Waals surface area contributed by atoms with E-state index < -0.39 is 23.7 Å². The molecule has 0 aliphatic carbocycles. The molecule has 3 rings (SSSR count). The van der Waals surface area contributed by atoms with E-state index in [1.54, 1.807) is 30.3 Å². The first-order valence-corrected chi connectivity index (χ1v) is 8.94. The Labute approximate surface area is 174 Å². The number of rotatable bonds is 7. The Balaban J connectivity index is 1.60. The molecule has 0 aliphatic rings. The molecule has 31 heavy (non-hydrogen) atoms. The first-order chi connectivity index (χ1) is 14.7. The van der Waals surface area contributed by atoms with Gasteiger partial charge in [0, 0.05) is 11.8 Å². The molecular weight excluding hydrogens is 413 g/mol. The number of hydrogen-bond acceptors (Lipinski definition) is 4. The van der Waals surface area contributed by atoms with E-state index in [4.69, 9.17) is 10.5 Å². The van der Waals surface area contributed by atoms with Crippen molar-refractivity contribution in [3.8, 4) is 11.4 Å². The monoisotopic (exact) mass is 430 g/mol. The van der Waals surface area contributed by atoms with Crippen LogP contribution in [0.5, 0.6) is 5.75 Å². The van der Waals surface area contributed by atoms with Crippen LogP contribution in [-0.2, 0) is 15.8 Å². The van der Waals surface area contributed by atoms with Gasteiger partial charge >= 0.3 is 6.18 Å². The van der Waals surface area contributed by atoms with E-state index in [0.29, 0.717) is 11.4 Å². The lowest BCUT2D eigenvalue weighted by Crippen LogP contribution is -2.19. The lowest BCUT2D eigenvalue weighted by atomic mass is 10.2. The van der Waals surface area contributed by atoms with Crippen LogP contribution in [0.25, 0.3) is 11.8 Å². The summed E-state index contributed by atoms with van der Waals surface area (Å²) < 4.78 is 44.9. The molecule has 7 nitrogen and oxygen atoms in total. The maximum Gasteiger partial charge on any atom is 0.433 e. The van der Waals surface area contributed by atoms with Crippen molar-refractivity contribution in [2.24, 2.45) is 5.73 Å². The second-order valence-electron chi connectivity index (χ2n) is 6.32. The number of benzene rings is 2. The molecule has 0 bridgehead atoms. The predicted molar refractivity (Wildman–Crippen MR) is 107 cm³/mol. The summed E-state index contributed by atoms with van der Waals surface area (Å²) in [6, 6.07) is 13.3. The Morgan fingerprint density at radius 3 is 2.35 bits per heavy atom. The Bertz CT molecular complexity index is 1090. The summed E-state index contributed by atoms with van der Waals surface area (Å²) in [4.78, 5) is 22.8. The Morgan fingerprint density at radius 1 is 1.06 bits per heavy atom. The fourth-order valence-electron chi connectivity index (χ4n) is 2.60. The average Bonchev–Trinajstić information content (AvgIpc) is 3.22. The molecule has 3 aromatic rings. The van der Waals surface area contributed by atoms with Gasteiger partial charge in [0.05, 0.1) is 11.9 Å². The first kappa shape index (κ1) is 21.6. The molecule has 0 aliphatic heterocycles. The van der Waals surface area contributed by atoms with Crippen LogP contribution in [-0.4, -0.2) is 28.2 Å². The molecule has 0 atom stereocenters. The molecule has 160 valence electrons. The maximum atomic E-state index is 13.0. The van der Waals surface area contributed by atoms with Crippen molar-refractivity contribution in [3.05, 3.63) is 78.1 Å². The van der Waals surface area contributed by atoms with Gasteiger partial charge < -0.3 is 15.8 Å². The SMILES string of the molecule is NC(=O)COc1ccc(C=CC(=O)Nc2ccc(-n3nccc3C(F)(F)F)cc2)cc1. The van der Waals surface area contributed by atoms with Gasteiger partial charge in [-0.05, 0) is 54.1 Å². The van der Waals surface area contributed by atoms with E-state index in [1.165, 1.54) is 30.3 Å². The first-order valence-electron chi connectivity index (χ1n) is 8.94. The minimum atomic E-state index is -4.53. The lowest BCUT2D eigenvalue weighted by molar-refractivity contribution is -0.142. The molecule has 0 spiro atoms. The summed E-state index contributed by atoms with van der Waals surface area (Å²) in [6.07, 6.45) is -0.580. The van der Waals surface area contributed by atoms with Gasteiger partial charge in [-0.1, -0.05) is 12.1 Å². The van der Waals surface area contributed by atoms with E-state index in [-0.39, 0.29) is 12.3 Å². The largest absolute Gasteiger partial charge is 0.484 e. The van der Waals surface area contributed by atoms with Crippen molar-refractivity contribution in [1.29, 1.82) is 0 Å². The number of nitrogens with two attached hydrogens (primary N) is 1. The number of aromatic nitrogens is 2. The number of hydrogen-bond donors (Lipinski definition) is 2. The highest BCUT2D eigenvalue weighted by Gasteiger charge is 2.35. The second kappa shape index (κ2) is 9.16. The molecule has 1 aromatic heterocycles. The molecule has 1 heterocycles. The van der Waals surface area contributed by atoms with E-state index in [9.17, 15) is 22.8 Å². The molecule has 2 aromatic carbocycles. The highest BCUT2D eigenvalue weighted by Crippen LogP contribution is 2.30. The number of nitrogens with one attached hydrogen (secondary N) is 1. The fourth-order valence-corrected chi connectivity index (χ4v) is 2.60. The van der Waals surface area contributed by atoms with Crippen LogP contribution in [0.3, 0.4) is 0 Å². The van der Waals surface area contributed by atoms with Gasteiger partial charge in [-0.3, -0.25) is 9.59 Å². The number of alkyl halides is 3. The summed E-state index contributed by atoms with van der Waals surface area (Å²) in [5.74, 6) is -0.540. The van der Waals surface area contributed by atoms with Crippen molar-refractivity contribution in [3.63, 3.8) is 0 Å². The molecule has 10 heteroatoms. The third kappa shape index (κ3) is 5.95. The topological polar surface area (TPSA) is 99.2 Å². The standard InChI is InChI=1S/C21H17F3N4O3/c22-21(23,24)18-11-12-26-28(18)16-6-4-15(5-7-16)27-20(30)10-3-14-1-8-17(9-2-14)31-13-19(25)29/h1-12H,13H2,(H2,25,29)(H,27,30). The number of nitrogens with zero attached hydrogens (tertiary/aromatic N) is 2. The number of carbonyl (C=O) groups is 2. The Hall–Kier alpha value is -4.08. The van der Waals surface area contributed by atoms with Gasteiger partial charge in [-0.2, -0.15) is 18.3 Å². The highest BCUT2D eigenvalue weighted by atomic mass is 19.4. The van der Waals surface area contributed by atoms with Crippen LogP contribution in [0.1, 0.15) is 11.3 Å². The summed E-state index contributed by atoms with van der Waals surface area (Å²) in [5.41, 5.74) is 5.45. The zero-order valence-electron chi connectivity index (χ0n) is 16.0.